The van der Waals surface area contributed by atoms with E-state index in [0.29, 0.717) is 33.2 Å². The third-order valence-electron chi connectivity index (χ3n) is 4.77. The van der Waals surface area contributed by atoms with E-state index in [9.17, 15) is 14.0 Å². The lowest BCUT2D eigenvalue weighted by Crippen LogP contribution is -2.50. The van der Waals surface area contributed by atoms with E-state index in [-0.39, 0.29) is 0 Å². The van der Waals surface area contributed by atoms with Crippen LogP contribution in [0.4, 0.5) is 10.2 Å². The minimum absolute atomic E-state index is 0.366. The maximum absolute atomic E-state index is 13.9. The van der Waals surface area contributed by atoms with Crippen molar-refractivity contribution in [1.82, 2.24) is 15.5 Å². The number of rotatable bonds is 3. The Kier molecular flexibility index (Phi) is 4.60. The van der Waals surface area contributed by atoms with E-state index >= 15 is 0 Å². The number of carbonyl (C=O) groups is 2. The van der Waals surface area contributed by atoms with E-state index in [2.05, 4.69) is 20.8 Å². The van der Waals surface area contributed by atoms with Gasteiger partial charge in [0, 0.05) is 22.1 Å². The van der Waals surface area contributed by atoms with Gasteiger partial charge in [-0.25, -0.2) is 4.39 Å². The molecule has 1 aliphatic heterocycles. The maximum Gasteiger partial charge on any atom is 0.251 e. The number of fused-ring (bicyclic) bond motifs is 1. The zero-order chi connectivity index (χ0) is 19.8. The first kappa shape index (κ1) is 18.2. The molecule has 0 unspecified atom stereocenters. The van der Waals surface area contributed by atoms with Gasteiger partial charge in [0.05, 0.1) is 5.69 Å². The fourth-order valence-corrected chi connectivity index (χ4v) is 3.60. The molecule has 2 aromatic carbocycles. The monoisotopic (exact) mass is 398 g/mol. The maximum atomic E-state index is 13.9. The number of nitrogens with one attached hydrogen (secondary N) is 3. The van der Waals surface area contributed by atoms with E-state index in [0.717, 1.165) is 0 Å². The van der Waals surface area contributed by atoms with Crippen LogP contribution in [0.3, 0.4) is 0 Å². The number of carbonyl (C=O) groups excluding carboxylic acids is 2. The molecule has 1 aliphatic rings. The highest BCUT2D eigenvalue weighted by molar-refractivity contribution is 6.30. The van der Waals surface area contributed by atoms with Crippen LogP contribution in [-0.4, -0.2) is 28.1 Å². The predicted molar refractivity (Wildman–Crippen MR) is 103 cm³/mol. The number of hydrogen-bond donors (Lipinski definition) is 3. The van der Waals surface area contributed by atoms with Gasteiger partial charge in [0.15, 0.2) is 0 Å². The van der Waals surface area contributed by atoms with E-state index in [1.807, 2.05) is 0 Å². The van der Waals surface area contributed by atoms with Crippen LogP contribution >= 0.6 is 11.6 Å². The standard InChI is InChI=1S/C20H16ClFN4O2/c1-10-15-16(12-3-2-4-14(22)9-12)17(20(28)24-18(15)26-25-10)23-19(27)11-5-7-13(21)8-6-11/h2-9,16-17H,1H3,(H,23,27)(H2,24,25,26,28)/t16-,17+/m1/s1. The molecule has 0 radical (unpaired) electrons. The summed E-state index contributed by atoms with van der Waals surface area (Å²) in [5.74, 6) is -1.40. The van der Waals surface area contributed by atoms with Crippen molar-refractivity contribution in [2.45, 2.75) is 18.9 Å². The number of amides is 2. The number of aromatic nitrogens is 2. The van der Waals surface area contributed by atoms with E-state index in [1.165, 1.54) is 12.1 Å². The normalized spacial score (nSPS) is 18.3. The van der Waals surface area contributed by atoms with E-state index in [4.69, 9.17) is 11.6 Å². The molecule has 0 saturated carbocycles. The molecule has 0 saturated heterocycles. The average molecular weight is 399 g/mol. The zero-order valence-corrected chi connectivity index (χ0v) is 15.5. The Morgan fingerprint density at radius 3 is 2.68 bits per heavy atom. The summed E-state index contributed by atoms with van der Waals surface area (Å²) in [6.45, 7) is 1.79. The van der Waals surface area contributed by atoms with Gasteiger partial charge >= 0.3 is 0 Å². The van der Waals surface area contributed by atoms with Gasteiger partial charge in [-0.3, -0.25) is 14.7 Å². The fourth-order valence-electron chi connectivity index (χ4n) is 3.47. The molecule has 0 spiro atoms. The number of nitrogens with zero attached hydrogens (tertiary/aromatic N) is 1. The lowest BCUT2D eigenvalue weighted by molar-refractivity contribution is -0.118. The molecule has 0 aliphatic carbocycles. The Bertz CT molecular complexity index is 1060. The largest absolute Gasteiger partial charge is 0.339 e. The molecule has 142 valence electrons. The number of anilines is 1. The third-order valence-corrected chi connectivity index (χ3v) is 5.02. The molecule has 6 nitrogen and oxygen atoms in total. The Labute approximate surface area is 165 Å². The summed E-state index contributed by atoms with van der Waals surface area (Å²) in [6, 6.07) is 11.4. The number of aromatic amines is 1. The van der Waals surface area contributed by atoms with Crippen molar-refractivity contribution in [1.29, 1.82) is 0 Å². The van der Waals surface area contributed by atoms with Crippen molar-refractivity contribution in [3.63, 3.8) is 0 Å². The Morgan fingerprint density at radius 2 is 1.96 bits per heavy atom. The van der Waals surface area contributed by atoms with Crippen molar-refractivity contribution >= 4 is 29.2 Å². The molecular weight excluding hydrogens is 383 g/mol. The van der Waals surface area contributed by atoms with Crippen LogP contribution in [0.15, 0.2) is 48.5 Å². The highest BCUT2D eigenvalue weighted by Gasteiger charge is 2.40. The second-order valence-corrected chi connectivity index (χ2v) is 7.01. The summed E-state index contributed by atoms with van der Waals surface area (Å²) in [5, 5.41) is 12.9. The van der Waals surface area contributed by atoms with Crippen molar-refractivity contribution < 1.29 is 14.0 Å². The van der Waals surface area contributed by atoms with Crippen molar-refractivity contribution in [2.75, 3.05) is 5.32 Å². The summed E-state index contributed by atoms with van der Waals surface area (Å²) in [7, 11) is 0. The first-order chi connectivity index (χ1) is 13.4. The highest BCUT2D eigenvalue weighted by atomic mass is 35.5. The van der Waals surface area contributed by atoms with E-state index < -0.39 is 29.6 Å². The fraction of sp³-hybridized carbons (Fsp3) is 0.150. The van der Waals surface area contributed by atoms with Gasteiger partial charge in [-0.15, -0.1) is 0 Å². The van der Waals surface area contributed by atoms with Gasteiger partial charge < -0.3 is 10.6 Å². The Morgan fingerprint density at radius 1 is 1.21 bits per heavy atom. The van der Waals surface area contributed by atoms with Gasteiger partial charge in [-0.05, 0) is 48.9 Å². The third kappa shape index (κ3) is 3.25. The van der Waals surface area contributed by atoms with Crippen LogP contribution in [0.25, 0.3) is 0 Å². The summed E-state index contributed by atoms with van der Waals surface area (Å²) >= 11 is 5.87. The molecule has 0 fully saturated rings. The molecule has 0 bridgehead atoms. The van der Waals surface area contributed by atoms with Crippen LogP contribution in [-0.2, 0) is 4.79 Å². The molecular formula is C20H16ClFN4O2. The van der Waals surface area contributed by atoms with Crippen LogP contribution in [0.2, 0.25) is 5.02 Å². The van der Waals surface area contributed by atoms with Gasteiger partial charge in [-0.2, -0.15) is 5.10 Å². The summed E-state index contributed by atoms with van der Waals surface area (Å²) in [6.07, 6.45) is 0. The zero-order valence-electron chi connectivity index (χ0n) is 14.8. The Hall–Kier alpha value is -3.19. The SMILES string of the molecule is Cc1n[nH]c2c1[C@@H](c1cccc(F)c1)[C@H](NC(=O)c1ccc(Cl)cc1)C(=O)N2. The minimum atomic E-state index is -0.936. The number of aryl methyl sites for hydroxylation is 1. The Balaban J connectivity index is 1.75. The number of halogens is 2. The summed E-state index contributed by atoms with van der Waals surface area (Å²) in [4.78, 5) is 25.5. The highest BCUT2D eigenvalue weighted by Crippen LogP contribution is 2.38. The van der Waals surface area contributed by atoms with Gasteiger partial charge in [0.1, 0.15) is 17.7 Å². The van der Waals surface area contributed by atoms with Crippen molar-refractivity contribution in [3.05, 3.63) is 81.8 Å². The van der Waals surface area contributed by atoms with Crippen molar-refractivity contribution in [3.8, 4) is 0 Å². The van der Waals surface area contributed by atoms with Crippen LogP contribution in [0, 0.1) is 12.7 Å². The molecule has 8 heteroatoms. The molecule has 28 heavy (non-hydrogen) atoms. The van der Waals surface area contributed by atoms with Gasteiger partial charge in [0.25, 0.3) is 5.91 Å². The van der Waals surface area contributed by atoms with E-state index in [1.54, 1.807) is 43.3 Å². The van der Waals surface area contributed by atoms with Gasteiger partial charge in [-0.1, -0.05) is 23.7 Å². The molecule has 4 rings (SSSR count). The molecule has 2 amide bonds. The summed E-state index contributed by atoms with van der Waals surface area (Å²) < 4.78 is 13.9. The van der Waals surface area contributed by atoms with Crippen LogP contribution in [0.5, 0.6) is 0 Å². The first-order valence-corrected chi connectivity index (χ1v) is 8.99. The smallest absolute Gasteiger partial charge is 0.251 e. The number of H-pyrrole nitrogens is 1. The first-order valence-electron chi connectivity index (χ1n) is 8.61. The van der Waals surface area contributed by atoms with Crippen molar-refractivity contribution in [2.24, 2.45) is 0 Å². The summed E-state index contributed by atoms with van der Waals surface area (Å²) in [5.41, 5.74) is 2.31. The second-order valence-electron chi connectivity index (χ2n) is 6.58. The second kappa shape index (κ2) is 7.09. The minimum Gasteiger partial charge on any atom is -0.339 e. The molecule has 2 heterocycles. The molecule has 3 N–H and O–H groups in total. The number of benzene rings is 2. The molecule has 3 aromatic rings. The topological polar surface area (TPSA) is 86.9 Å². The molecule has 2 atom stereocenters. The predicted octanol–water partition coefficient (Wildman–Crippen LogP) is 3.39. The lowest BCUT2D eigenvalue weighted by atomic mass is 9.82. The quantitative estimate of drug-likeness (QED) is 0.632. The van der Waals surface area contributed by atoms with Gasteiger partial charge in [0.2, 0.25) is 5.91 Å². The molecule has 1 aromatic heterocycles. The van der Waals surface area contributed by atoms with Crippen LogP contribution < -0.4 is 10.6 Å². The lowest BCUT2D eigenvalue weighted by Gasteiger charge is -2.32. The number of hydrogen-bond acceptors (Lipinski definition) is 3. The average Bonchev–Trinajstić information content (AvgIpc) is 3.03. The van der Waals surface area contributed by atoms with Crippen LogP contribution in [0.1, 0.15) is 33.1 Å².